The van der Waals surface area contributed by atoms with Crippen molar-refractivity contribution in [1.82, 2.24) is 20.1 Å². The molecular formula is C12H15N5O3. The van der Waals surface area contributed by atoms with Crippen LogP contribution in [0.2, 0.25) is 0 Å². The third-order valence-corrected chi connectivity index (χ3v) is 2.61. The minimum Gasteiger partial charge on any atom is -0.467 e. The third kappa shape index (κ3) is 2.44. The number of aryl methyl sites for hydroxylation is 1. The number of ether oxygens (including phenoxy) is 1. The molecular weight excluding hydrogens is 262 g/mol. The summed E-state index contributed by atoms with van der Waals surface area (Å²) < 4.78 is 10.1. The molecule has 0 spiro atoms. The van der Waals surface area contributed by atoms with E-state index in [1.807, 2.05) is 0 Å². The molecule has 0 aliphatic rings. The minimum atomic E-state index is -0.162. The quantitative estimate of drug-likeness (QED) is 0.767. The number of anilines is 1. The fourth-order valence-corrected chi connectivity index (χ4v) is 1.68. The van der Waals surface area contributed by atoms with Gasteiger partial charge in [0.2, 0.25) is 5.95 Å². The van der Waals surface area contributed by atoms with Gasteiger partial charge < -0.3 is 14.2 Å². The number of carbonyl (C=O) groups excluding carboxylic acids is 1. The average Bonchev–Trinajstić information content (AvgIpc) is 2.80. The number of Topliss-reactive ketones (excluding diaryl/α,β-unsaturated/α-hetero) is 1. The highest BCUT2D eigenvalue weighted by molar-refractivity contribution is 6.00. The number of hydrogen-bond donors (Lipinski definition) is 0. The molecule has 2 aromatic rings. The van der Waals surface area contributed by atoms with E-state index in [-0.39, 0.29) is 17.6 Å². The maximum absolute atomic E-state index is 11.7. The zero-order valence-corrected chi connectivity index (χ0v) is 12.0. The van der Waals surface area contributed by atoms with Crippen LogP contribution >= 0.6 is 0 Å². The van der Waals surface area contributed by atoms with E-state index in [4.69, 9.17) is 9.26 Å². The Morgan fingerprint density at radius 3 is 2.50 bits per heavy atom. The number of aromatic nitrogens is 4. The van der Waals surface area contributed by atoms with Crippen LogP contribution in [0.5, 0.6) is 6.01 Å². The van der Waals surface area contributed by atoms with Crippen molar-refractivity contribution in [3.63, 3.8) is 0 Å². The Morgan fingerprint density at radius 1 is 1.25 bits per heavy atom. The highest BCUT2D eigenvalue weighted by Crippen LogP contribution is 2.25. The standard InChI is InChI=1S/C12H15N5O3/c1-6(18)8-7(2)20-16-9(8)10-13-11(17(3)4)15-12(14-10)19-5/h1-5H3. The summed E-state index contributed by atoms with van der Waals surface area (Å²) in [7, 11) is 5.04. The second kappa shape index (κ2) is 5.24. The normalized spacial score (nSPS) is 10.4. The molecule has 8 nitrogen and oxygen atoms in total. The van der Waals surface area contributed by atoms with Gasteiger partial charge in [-0.25, -0.2) is 0 Å². The summed E-state index contributed by atoms with van der Waals surface area (Å²) in [5, 5.41) is 3.86. The van der Waals surface area contributed by atoms with Gasteiger partial charge in [-0.05, 0) is 13.8 Å². The zero-order valence-electron chi connectivity index (χ0n) is 12.0. The molecule has 2 heterocycles. The van der Waals surface area contributed by atoms with Crippen molar-refractivity contribution in [3.8, 4) is 17.5 Å². The van der Waals surface area contributed by atoms with E-state index >= 15 is 0 Å². The van der Waals surface area contributed by atoms with Crippen molar-refractivity contribution in [3.05, 3.63) is 11.3 Å². The molecule has 0 radical (unpaired) electrons. The van der Waals surface area contributed by atoms with Gasteiger partial charge in [-0.1, -0.05) is 5.16 Å². The van der Waals surface area contributed by atoms with Gasteiger partial charge in [0.1, 0.15) is 5.76 Å². The van der Waals surface area contributed by atoms with Gasteiger partial charge in [0.05, 0.1) is 12.7 Å². The molecule has 0 aromatic carbocycles. The summed E-state index contributed by atoms with van der Waals surface area (Å²) in [6, 6.07) is 0.147. The van der Waals surface area contributed by atoms with Gasteiger partial charge in [0.25, 0.3) is 0 Å². The Hall–Kier alpha value is -2.51. The Kier molecular flexibility index (Phi) is 3.64. The van der Waals surface area contributed by atoms with Crippen molar-refractivity contribution in [2.45, 2.75) is 13.8 Å². The van der Waals surface area contributed by atoms with Crippen LogP contribution < -0.4 is 9.64 Å². The molecule has 20 heavy (non-hydrogen) atoms. The summed E-state index contributed by atoms with van der Waals surface area (Å²) >= 11 is 0. The van der Waals surface area contributed by atoms with Crippen molar-refractivity contribution in [2.75, 3.05) is 26.1 Å². The van der Waals surface area contributed by atoms with Gasteiger partial charge in [-0.2, -0.15) is 15.0 Å². The predicted octanol–water partition coefficient (Wildman–Crippen LogP) is 1.11. The van der Waals surface area contributed by atoms with E-state index in [9.17, 15) is 4.79 Å². The van der Waals surface area contributed by atoms with E-state index < -0.39 is 0 Å². The molecule has 0 saturated heterocycles. The fourth-order valence-electron chi connectivity index (χ4n) is 1.68. The molecule has 0 N–H and O–H groups in total. The molecule has 0 atom stereocenters. The van der Waals surface area contributed by atoms with Crippen molar-refractivity contribution >= 4 is 11.7 Å². The zero-order chi connectivity index (χ0) is 14.9. The lowest BCUT2D eigenvalue weighted by molar-refractivity contribution is 0.101. The summed E-state index contributed by atoms with van der Waals surface area (Å²) in [6.45, 7) is 3.10. The molecule has 0 bridgehead atoms. The first kappa shape index (κ1) is 13.9. The summed E-state index contributed by atoms with van der Waals surface area (Å²) in [5.74, 6) is 0.910. The average molecular weight is 277 g/mol. The van der Waals surface area contributed by atoms with E-state index in [1.165, 1.54) is 14.0 Å². The monoisotopic (exact) mass is 277 g/mol. The number of carbonyl (C=O) groups is 1. The third-order valence-electron chi connectivity index (χ3n) is 2.61. The number of nitrogens with zero attached hydrogens (tertiary/aromatic N) is 5. The van der Waals surface area contributed by atoms with Crippen LogP contribution in [0.15, 0.2) is 4.52 Å². The Bertz CT molecular complexity index is 651. The molecule has 0 unspecified atom stereocenters. The summed E-state index contributed by atoms with van der Waals surface area (Å²) in [4.78, 5) is 25.9. The Balaban J connectivity index is 2.63. The predicted molar refractivity (Wildman–Crippen MR) is 70.9 cm³/mol. The highest BCUT2D eigenvalue weighted by Gasteiger charge is 2.22. The summed E-state index contributed by atoms with van der Waals surface area (Å²) in [5.41, 5.74) is 0.654. The lowest BCUT2D eigenvalue weighted by Crippen LogP contribution is -2.15. The topological polar surface area (TPSA) is 94.2 Å². The van der Waals surface area contributed by atoms with Crippen LogP contribution in [0, 0.1) is 6.92 Å². The molecule has 2 aromatic heterocycles. The molecule has 0 aliphatic carbocycles. The molecule has 0 amide bonds. The molecule has 0 aliphatic heterocycles. The first-order valence-corrected chi connectivity index (χ1v) is 5.89. The molecule has 8 heteroatoms. The maximum atomic E-state index is 11.7. The maximum Gasteiger partial charge on any atom is 0.321 e. The second-order valence-corrected chi connectivity index (χ2v) is 4.36. The van der Waals surface area contributed by atoms with Crippen LogP contribution in [0.3, 0.4) is 0 Å². The summed E-state index contributed by atoms with van der Waals surface area (Å²) in [6.07, 6.45) is 0. The number of ketones is 1. The van der Waals surface area contributed by atoms with Crippen LogP contribution in [-0.2, 0) is 0 Å². The van der Waals surface area contributed by atoms with Crippen LogP contribution in [0.1, 0.15) is 23.0 Å². The second-order valence-electron chi connectivity index (χ2n) is 4.36. The van der Waals surface area contributed by atoms with E-state index in [0.29, 0.717) is 23.0 Å². The van der Waals surface area contributed by atoms with Crippen molar-refractivity contribution in [1.29, 1.82) is 0 Å². The van der Waals surface area contributed by atoms with E-state index in [2.05, 4.69) is 20.1 Å². The number of methoxy groups -OCH3 is 1. The molecule has 0 saturated carbocycles. The van der Waals surface area contributed by atoms with Gasteiger partial charge in [-0.15, -0.1) is 0 Å². The van der Waals surface area contributed by atoms with E-state index in [0.717, 1.165) is 0 Å². The molecule has 2 rings (SSSR count). The van der Waals surface area contributed by atoms with E-state index in [1.54, 1.807) is 25.9 Å². The largest absolute Gasteiger partial charge is 0.467 e. The fraction of sp³-hybridized carbons (Fsp3) is 0.417. The first-order chi connectivity index (χ1) is 9.43. The lowest BCUT2D eigenvalue weighted by atomic mass is 10.1. The Labute approximate surface area is 115 Å². The van der Waals surface area contributed by atoms with Crippen LogP contribution in [0.4, 0.5) is 5.95 Å². The van der Waals surface area contributed by atoms with Crippen LogP contribution in [-0.4, -0.2) is 47.1 Å². The van der Waals surface area contributed by atoms with Gasteiger partial charge >= 0.3 is 6.01 Å². The SMILES string of the molecule is COc1nc(-c2noc(C)c2C(C)=O)nc(N(C)C)n1. The number of hydrogen-bond acceptors (Lipinski definition) is 8. The minimum absolute atomic E-state index is 0.147. The molecule has 106 valence electrons. The van der Waals surface area contributed by atoms with Gasteiger partial charge in [-0.3, -0.25) is 4.79 Å². The van der Waals surface area contributed by atoms with Gasteiger partial charge in [0.15, 0.2) is 17.3 Å². The van der Waals surface area contributed by atoms with Crippen LogP contribution in [0.25, 0.3) is 11.5 Å². The smallest absolute Gasteiger partial charge is 0.321 e. The lowest BCUT2D eigenvalue weighted by Gasteiger charge is -2.11. The Morgan fingerprint density at radius 2 is 1.95 bits per heavy atom. The van der Waals surface area contributed by atoms with Gasteiger partial charge in [0, 0.05) is 14.1 Å². The van der Waals surface area contributed by atoms with Crippen molar-refractivity contribution in [2.24, 2.45) is 0 Å². The molecule has 0 fully saturated rings. The van der Waals surface area contributed by atoms with Crippen molar-refractivity contribution < 1.29 is 14.1 Å². The first-order valence-electron chi connectivity index (χ1n) is 5.89. The number of rotatable bonds is 4. The highest BCUT2D eigenvalue weighted by atomic mass is 16.5.